The number of nitrogens with one attached hydrogen (secondary N) is 2. The van der Waals surface area contributed by atoms with Crippen molar-refractivity contribution < 1.29 is 14.3 Å². The topological polar surface area (TPSA) is 93.5 Å². The van der Waals surface area contributed by atoms with E-state index in [-0.39, 0.29) is 24.2 Å². The van der Waals surface area contributed by atoms with Gasteiger partial charge in [0.1, 0.15) is 11.6 Å². The molecule has 192 valence electrons. The van der Waals surface area contributed by atoms with E-state index in [4.69, 9.17) is 10.5 Å². The number of hydrogen-bond acceptors (Lipinski definition) is 5. The second-order valence-corrected chi connectivity index (χ2v) is 10.1. The van der Waals surface area contributed by atoms with Crippen LogP contribution in [0.1, 0.15) is 45.7 Å². The molecule has 36 heavy (non-hydrogen) atoms. The van der Waals surface area contributed by atoms with E-state index in [2.05, 4.69) is 29.9 Å². The van der Waals surface area contributed by atoms with Gasteiger partial charge < -0.3 is 15.9 Å². The van der Waals surface area contributed by atoms with Gasteiger partial charge in [0.2, 0.25) is 5.91 Å². The van der Waals surface area contributed by atoms with Crippen LogP contribution in [0.15, 0.2) is 78.9 Å². The van der Waals surface area contributed by atoms with E-state index in [0.717, 1.165) is 22.4 Å². The van der Waals surface area contributed by atoms with Crippen molar-refractivity contribution in [1.82, 2.24) is 5.43 Å². The number of benzene rings is 3. The molecule has 6 heteroatoms. The molecular weight excluding hydrogens is 450 g/mol. The Morgan fingerprint density at radius 3 is 1.81 bits per heavy atom. The summed E-state index contributed by atoms with van der Waals surface area (Å²) in [7, 11) is 0. The molecule has 1 unspecified atom stereocenters. The smallest absolute Gasteiger partial charge is 0.325 e. The second-order valence-electron chi connectivity index (χ2n) is 10.1. The number of aryl methyl sites for hydroxylation is 1. The highest BCUT2D eigenvalue weighted by Gasteiger charge is 2.27. The van der Waals surface area contributed by atoms with Gasteiger partial charge in [-0.15, -0.1) is 0 Å². The Balaban J connectivity index is 0.000000558. The molecule has 1 amide bonds. The summed E-state index contributed by atoms with van der Waals surface area (Å²) in [6.07, 6.45) is 0.240. The predicted octanol–water partition coefficient (Wildman–Crippen LogP) is 5.66. The number of primary amides is 1. The number of hydrazine groups is 1. The first-order valence-corrected chi connectivity index (χ1v) is 12.2. The molecule has 1 atom stereocenters. The van der Waals surface area contributed by atoms with E-state index in [9.17, 15) is 9.59 Å². The first kappa shape index (κ1) is 28.6. The zero-order valence-electron chi connectivity index (χ0n) is 22.2. The number of hydrogen-bond donors (Lipinski definition) is 3. The normalized spacial score (nSPS) is 11.8. The van der Waals surface area contributed by atoms with Crippen molar-refractivity contribution in [3.05, 3.63) is 90.0 Å². The molecule has 3 aromatic carbocycles. The highest BCUT2D eigenvalue weighted by molar-refractivity contribution is 5.77. The maximum atomic E-state index is 12.4. The maximum absolute atomic E-state index is 12.4. The van der Waals surface area contributed by atoms with Crippen LogP contribution in [0.5, 0.6) is 0 Å². The molecule has 6 nitrogen and oxygen atoms in total. The minimum atomic E-state index is -0.527. The van der Waals surface area contributed by atoms with Crippen LogP contribution in [0, 0.1) is 12.8 Å². The van der Waals surface area contributed by atoms with E-state index in [0.29, 0.717) is 0 Å². The Morgan fingerprint density at radius 2 is 1.39 bits per heavy atom. The van der Waals surface area contributed by atoms with Crippen molar-refractivity contribution in [2.24, 2.45) is 11.7 Å². The van der Waals surface area contributed by atoms with Gasteiger partial charge in [0.25, 0.3) is 0 Å². The number of rotatable bonds is 8. The molecule has 0 aliphatic rings. The number of amides is 1. The third-order valence-corrected chi connectivity index (χ3v) is 5.19. The second kappa shape index (κ2) is 13.4. The zero-order chi connectivity index (χ0) is 26.7. The van der Waals surface area contributed by atoms with Gasteiger partial charge >= 0.3 is 5.97 Å². The van der Waals surface area contributed by atoms with E-state index in [1.54, 1.807) is 0 Å². The average Bonchev–Trinajstić information content (AvgIpc) is 2.79. The fraction of sp³-hybridized carbons (Fsp3) is 0.333. The fourth-order valence-corrected chi connectivity index (χ4v) is 3.32. The number of carbonyl (C=O) groups excluding carboxylic acids is 2. The lowest BCUT2D eigenvalue weighted by atomic mass is 10.0. The van der Waals surface area contributed by atoms with Gasteiger partial charge in [-0.05, 0) is 62.4 Å². The summed E-state index contributed by atoms with van der Waals surface area (Å²) in [5.41, 5.74) is 16.0. The molecular formula is C30H39N3O3. The molecule has 0 bridgehead atoms. The SMILES string of the molecule is CC(C)C(NNc1ccc(-c2ccc(CC(N)=O)cc2)cc1)C(=O)OC(C)(C)C.Cc1ccccc1. The van der Waals surface area contributed by atoms with Crippen LogP contribution < -0.4 is 16.6 Å². The standard InChI is InChI=1S/C23H31N3O3.C7H8/c1-15(2)21(22(28)29-23(3,4)5)26-25-19-12-10-18(11-13-19)17-8-6-16(7-9-17)14-20(24)27;1-7-5-3-2-4-6-7/h6-13,15,21,25-26H,14H2,1-5H3,(H2,24,27);2-6H,1H3. The van der Waals surface area contributed by atoms with Crippen molar-refractivity contribution in [1.29, 1.82) is 0 Å². The van der Waals surface area contributed by atoms with Gasteiger partial charge in [-0.25, -0.2) is 5.43 Å². The predicted molar refractivity (Wildman–Crippen MR) is 147 cm³/mol. The van der Waals surface area contributed by atoms with Gasteiger partial charge in [-0.1, -0.05) is 86.1 Å². The maximum Gasteiger partial charge on any atom is 0.325 e. The lowest BCUT2D eigenvalue weighted by Crippen LogP contribution is -2.47. The largest absolute Gasteiger partial charge is 0.459 e. The first-order chi connectivity index (χ1) is 16.9. The molecule has 0 aliphatic heterocycles. The molecule has 0 aliphatic carbocycles. The third kappa shape index (κ3) is 10.3. The summed E-state index contributed by atoms with van der Waals surface area (Å²) in [5, 5.41) is 0. The van der Waals surface area contributed by atoms with E-state index in [1.807, 2.05) is 101 Å². The summed E-state index contributed by atoms with van der Waals surface area (Å²) in [4.78, 5) is 23.4. The molecule has 3 aromatic rings. The number of carbonyl (C=O) groups is 2. The highest BCUT2D eigenvalue weighted by atomic mass is 16.6. The minimum Gasteiger partial charge on any atom is -0.459 e. The molecule has 0 saturated carbocycles. The van der Waals surface area contributed by atoms with Crippen LogP contribution in [-0.2, 0) is 20.7 Å². The van der Waals surface area contributed by atoms with E-state index < -0.39 is 11.6 Å². The molecule has 3 rings (SSSR count). The van der Waals surface area contributed by atoms with Crippen molar-refractivity contribution in [2.45, 2.75) is 59.6 Å². The van der Waals surface area contributed by atoms with Crippen LogP contribution in [0.4, 0.5) is 5.69 Å². The molecule has 0 aromatic heterocycles. The number of ether oxygens (including phenoxy) is 1. The fourth-order valence-electron chi connectivity index (χ4n) is 3.32. The van der Waals surface area contributed by atoms with Crippen LogP contribution in [0.2, 0.25) is 0 Å². The third-order valence-electron chi connectivity index (χ3n) is 5.19. The summed E-state index contributed by atoms with van der Waals surface area (Å²) in [6, 6.07) is 25.4. The van der Waals surface area contributed by atoms with Crippen LogP contribution in [0.25, 0.3) is 11.1 Å². The molecule has 0 spiro atoms. The monoisotopic (exact) mass is 489 g/mol. The van der Waals surface area contributed by atoms with Crippen molar-refractivity contribution in [2.75, 3.05) is 5.43 Å². The lowest BCUT2D eigenvalue weighted by molar-refractivity contribution is -0.158. The molecule has 0 fully saturated rings. The van der Waals surface area contributed by atoms with Crippen molar-refractivity contribution >= 4 is 17.6 Å². The summed E-state index contributed by atoms with van der Waals surface area (Å²) >= 11 is 0. The Hall–Kier alpha value is -3.64. The summed E-state index contributed by atoms with van der Waals surface area (Å²) in [6.45, 7) is 11.6. The Bertz CT molecular complexity index is 1090. The van der Waals surface area contributed by atoms with Gasteiger partial charge in [-0.2, -0.15) is 0 Å². The van der Waals surface area contributed by atoms with Gasteiger partial charge in [0, 0.05) is 5.69 Å². The van der Waals surface area contributed by atoms with Gasteiger partial charge in [0.15, 0.2) is 0 Å². The average molecular weight is 490 g/mol. The van der Waals surface area contributed by atoms with E-state index in [1.165, 1.54) is 5.56 Å². The van der Waals surface area contributed by atoms with Gasteiger partial charge in [0.05, 0.1) is 6.42 Å². The molecule has 0 saturated heterocycles. The van der Waals surface area contributed by atoms with Crippen LogP contribution in [-0.4, -0.2) is 23.5 Å². The summed E-state index contributed by atoms with van der Waals surface area (Å²) in [5.74, 6) is -0.560. The Morgan fingerprint density at radius 1 is 0.861 bits per heavy atom. The molecule has 0 heterocycles. The number of esters is 1. The molecule has 4 N–H and O–H groups in total. The lowest BCUT2D eigenvalue weighted by Gasteiger charge is -2.27. The van der Waals surface area contributed by atoms with Crippen molar-refractivity contribution in [3.8, 4) is 11.1 Å². The van der Waals surface area contributed by atoms with Crippen LogP contribution >= 0.6 is 0 Å². The van der Waals surface area contributed by atoms with E-state index >= 15 is 0 Å². The zero-order valence-corrected chi connectivity index (χ0v) is 22.2. The number of anilines is 1. The Labute approximate surface area is 215 Å². The Kier molecular flexibility index (Phi) is 10.7. The quantitative estimate of drug-likeness (QED) is 0.280. The van der Waals surface area contributed by atoms with Gasteiger partial charge in [-0.3, -0.25) is 9.59 Å². The number of nitrogens with two attached hydrogens (primary N) is 1. The van der Waals surface area contributed by atoms with Crippen molar-refractivity contribution in [3.63, 3.8) is 0 Å². The summed E-state index contributed by atoms with van der Waals surface area (Å²) < 4.78 is 5.49. The minimum absolute atomic E-state index is 0.0653. The van der Waals surface area contributed by atoms with Crippen LogP contribution in [0.3, 0.4) is 0 Å². The highest BCUT2D eigenvalue weighted by Crippen LogP contribution is 2.22. The molecule has 0 radical (unpaired) electrons. The first-order valence-electron chi connectivity index (χ1n) is 12.2.